The van der Waals surface area contributed by atoms with Gasteiger partial charge in [0, 0.05) is 23.5 Å². The van der Waals surface area contributed by atoms with E-state index in [4.69, 9.17) is 14.9 Å². The zero-order valence-electron chi connectivity index (χ0n) is 11.2. The van der Waals surface area contributed by atoms with Gasteiger partial charge in [0.2, 0.25) is 5.78 Å². The van der Waals surface area contributed by atoms with Gasteiger partial charge in [-0.15, -0.1) is 0 Å². The van der Waals surface area contributed by atoms with Crippen LogP contribution in [0.4, 0.5) is 0 Å². The Morgan fingerprint density at radius 3 is 2.67 bits per heavy atom. The van der Waals surface area contributed by atoms with E-state index < -0.39 is 26.2 Å². The zero-order valence-corrected chi connectivity index (χ0v) is 12.1. The number of aliphatic carboxylic acids is 1. The highest BCUT2D eigenvalue weighted by Crippen LogP contribution is 2.37. The second-order valence-corrected chi connectivity index (χ2v) is 5.26. The molecule has 1 aliphatic heterocycles. The number of hydrogen-bond acceptors (Lipinski definition) is 6. The summed E-state index contributed by atoms with van der Waals surface area (Å²) in [5.41, 5.74) is -0.0394. The normalized spacial score (nSPS) is 18.6. The molecule has 0 fully saturated rings. The van der Waals surface area contributed by atoms with Crippen LogP contribution in [0.25, 0.3) is 0 Å². The molecule has 0 unspecified atom stereocenters. The molecule has 1 aliphatic rings. The van der Waals surface area contributed by atoms with Gasteiger partial charge in [-0.1, -0.05) is 0 Å². The van der Waals surface area contributed by atoms with Crippen molar-refractivity contribution in [3.05, 3.63) is 23.5 Å². The van der Waals surface area contributed by atoms with Gasteiger partial charge in [-0.2, -0.15) is 0 Å². The fourth-order valence-electron chi connectivity index (χ4n) is 1.27. The number of hydrogen-bond donors (Lipinski definition) is 3. The third-order valence-electron chi connectivity index (χ3n) is 2.42. The fourth-order valence-corrected chi connectivity index (χ4v) is 1.58. The van der Waals surface area contributed by atoms with Crippen molar-refractivity contribution in [3.63, 3.8) is 0 Å². The van der Waals surface area contributed by atoms with Gasteiger partial charge in [-0.05, 0) is 13.8 Å². The predicted molar refractivity (Wildman–Crippen MR) is 73.0 cm³/mol. The monoisotopic (exact) mass is 316 g/mol. The van der Waals surface area contributed by atoms with E-state index in [1.54, 1.807) is 0 Å². The van der Waals surface area contributed by atoms with Crippen molar-refractivity contribution < 1.29 is 33.6 Å². The molecule has 10 heteroatoms. The Morgan fingerprint density at radius 2 is 2.14 bits per heavy atom. The van der Waals surface area contributed by atoms with E-state index in [0.717, 1.165) is 6.20 Å². The average molecular weight is 316 g/mol. The summed E-state index contributed by atoms with van der Waals surface area (Å²) in [5.74, 6) is -1.78. The lowest BCUT2D eigenvalue weighted by atomic mass is 9.99. The molecule has 0 aromatic rings. The molecule has 1 rings (SSSR count). The summed E-state index contributed by atoms with van der Waals surface area (Å²) in [4.78, 5) is 47.3. The molecule has 9 nitrogen and oxygen atoms in total. The summed E-state index contributed by atoms with van der Waals surface area (Å²) in [6.45, 7) is 2.13. The van der Waals surface area contributed by atoms with Crippen molar-refractivity contribution in [3.8, 4) is 0 Å². The topological polar surface area (TPSA) is 146 Å². The SMILES string of the molecule is CC(=N/C=C1\C(=O)C(C)=NC=C1COP(=O)(O)O)C(=O)O. The number of phosphoric acid groups is 1. The highest BCUT2D eigenvalue weighted by atomic mass is 31.2. The standard InChI is InChI=1S/C11H13N2O7P/c1-6-10(14)9(4-13-7(2)11(15)16)8(3-12-6)5-20-21(17,18)19/h3-4H,5H2,1-2H3,(H,15,16)(H2,17,18,19)/b9-4-,13-7?. The lowest BCUT2D eigenvalue weighted by Gasteiger charge is -2.14. The molecule has 1 heterocycles. The van der Waals surface area contributed by atoms with Crippen LogP contribution in [0.2, 0.25) is 0 Å². The van der Waals surface area contributed by atoms with Crippen molar-refractivity contribution in [2.75, 3.05) is 6.61 Å². The van der Waals surface area contributed by atoms with Gasteiger partial charge in [0.05, 0.1) is 12.3 Å². The number of rotatable bonds is 5. The van der Waals surface area contributed by atoms with Gasteiger partial charge in [0.15, 0.2) is 0 Å². The molecule has 0 radical (unpaired) electrons. The highest BCUT2D eigenvalue weighted by molar-refractivity contribution is 7.46. The van der Waals surface area contributed by atoms with Crippen LogP contribution < -0.4 is 0 Å². The smallest absolute Gasteiger partial charge is 0.469 e. The summed E-state index contributed by atoms with van der Waals surface area (Å²) in [7, 11) is -4.71. The van der Waals surface area contributed by atoms with Gasteiger partial charge >= 0.3 is 13.8 Å². The number of carboxylic acids is 1. The van der Waals surface area contributed by atoms with E-state index in [2.05, 4.69) is 14.5 Å². The minimum atomic E-state index is -4.71. The Kier molecular flexibility index (Phi) is 5.45. The lowest BCUT2D eigenvalue weighted by molar-refractivity contribution is -0.129. The predicted octanol–water partition coefficient (Wildman–Crippen LogP) is 0.453. The van der Waals surface area contributed by atoms with Gasteiger partial charge < -0.3 is 14.9 Å². The number of carbonyl (C=O) groups excluding carboxylic acids is 1. The molecule has 0 spiro atoms. The van der Waals surface area contributed by atoms with Crippen molar-refractivity contribution in [1.29, 1.82) is 0 Å². The lowest BCUT2D eigenvalue weighted by Crippen LogP contribution is -2.20. The first-order valence-corrected chi connectivity index (χ1v) is 7.11. The summed E-state index contributed by atoms with van der Waals surface area (Å²) < 4.78 is 15.0. The largest absolute Gasteiger partial charge is 0.477 e. The van der Waals surface area contributed by atoms with E-state index in [0.29, 0.717) is 0 Å². The molecule has 3 N–H and O–H groups in total. The fraction of sp³-hybridized carbons (Fsp3) is 0.273. The van der Waals surface area contributed by atoms with E-state index >= 15 is 0 Å². The van der Waals surface area contributed by atoms with Crippen LogP contribution in [0.1, 0.15) is 13.8 Å². The molecule has 0 atom stereocenters. The Labute approximate surface area is 119 Å². The molecule has 0 saturated carbocycles. The Hall–Kier alpha value is -1.93. The number of carboxylic acid groups (broad SMARTS) is 1. The van der Waals surface area contributed by atoms with Crippen LogP contribution in [0.15, 0.2) is 33.5 Å². The van der Waals surface area contributed by atoms with Crippen molar-refractivity contribution in [2.24, 2.45) is 9.98 Å². The first kappa shape index (κ1) is 17.1. The Morgan fingerprint density at radius 1 is 1.52 bits per heavy atom. The van der Waals surface area contributed by atoms with Gasteiger partial charge in [0.25, 0.3) is 0 Å². The first-order chi connectivity index (χ1) is 9.61. The van der Waals surface area contributed by atoms with Crippen molar-refractivity contribution in [1.82, 2.24) is 0 Å². The number of aliphatic imine (C=N–C) groups is 2. The molecule has 114 valence electrons. The third kappa shape index (κ3) is 5.16. The quantitative estimate of drug-likeness (QED) is 0.379. The Bertz CT molecular complexity index is 639. The molecular formula is C11H13N2O7P. The molecule has 0 aromatic heterocycles. The molecule has 21 heavy (non-hydrogen) atoms. The second-order valence-electron chi connectivity index (χ2n) is 4.02. The van der Waals surface area contributed by atoms with Crippen LogP contribution in [0, 0.1) is 0 Å². The van der Waals surface area contributed by atoms with Crippen LogP contribution in [-0.2, 0) is 18.7 Å². The van der Waals surface area contributed by atoms with E-state index in [1.165, 1.54) is 20.0 Å². The summed E-state index contributed by atoms with van der Waals surface area (Å²) in [6, 6.07) is 0. The molecule has 0 aliphatic carbocycles. The minimum Gasteiger partial charge on any atom is -0.477 e. The van der Waals surface area contributed by atoms with E-state index in [1.807, 2.05) is 0 Å². The maximum absolute atomic E-state index is 11.9. The number of nitrogens with zero attached hydrogens (tertiary/aromatic N) is 2. The van der Waals surface area contributed by atoms with Gasteiger partial charge in [-0.25, -0.2) is 9.36 Å². The summed E-state index contributed by atoms with van der Waals surface area (Å²) in [6.07, 6.45) is 2.22. The van der Waals surface area contributed by atoms with Crippen LogP contribution in [0.5, 0.6) is 0 Å². The van der Waals surface area contributed by atoms with Gasteiger partial charge in [0.1, 0.15) is 5.71 Å². The summed E-state index contributed by atoms with van der Waals surface area (Å²) >= 11 is 0. The van der Waals surface area contributed by atoms with Crippen molar-refractivity contribution >= 4 is 31.0 Å². The van der Waals surface area contributed by atoms with E-state index in [-0.39, 0.29) is 22.6 Å². The summed E-state index contributed by atoms with van der Waals surface area (Å²) in [5, 5.41) is 8.69. The minimum absolute atomic E-state index is 0.0310. The highest BCUT2D eigenvalue weighted by Gasteiger charge is 2.24. The van der Waals surface area contributed by atoms with E-state index in [9.17, 15) is 14.2 Å². The molecule has 0 bridgehead atoms. The molecule has 0 saturated heterocycles. The van der Waals surface area contributed by atoms with Crippen LogP contribution in [0.3, 0.4) is 0 Å². The van der Waals surface area contributed by atoms with Crippen LogP contribution in [-0.4, -0.2) is 44.7 Å². The molecular weight excluding hydrogens is 303 g/mol. The van der Waals surface area contributed by atoms with Crippen LogP contribution >= 0.6 is 7.82 Å². The molecule has 0 aromatic carbocycles. The maximum Gasteiger partial charge on any atom is 0.469 e. The third-order valence-corrected chi connectivity index (χ3v) is 2.88. The Balaban J connectivity index is 3.10. The van der Waals surface area contributed by atoms with Gasteiger partial charge in [-0.3, -0.25) is 19.3 Å². The number of ketones is 1. The molecule has 0 amide bonds. The number of Topliss-reactive ketones (excluding diaryl/α,β-unsaturated/α-hetero) is 1. The zero-order chi connectivity index (χ0) is 16.2. The first-order valence-electron chi connectivity index (χ1n) is 5.58. The van der Waals surface area contributed by atoms with Crippen molar-refractivity contribution in [2.45, 2.75) is 13.8 Å². The average Bonchev–Trinajstić information content (AvgIpc) is 2.37. The second kappa shape index (κ2) is 6.68. The number of phosphoric ester groups is 1. The maximum atomic E-state index is 11.9. The number of carbonyl (C=O) groups is 2.